The van der Waals surface area contributed by atoms with Crippen LogP contribution in [-0.4, -0.2) is 63.7 Å². The second-order valence-electron chi connectivity index (χ2n) is 3.26. The molecule has 7 N–H and O–H groups in total. The third-order valence-electron chi connectivity index (χ3n) is 2.21. The van der Waals surface area contributed by atoms with E-state index in [2.05, 4.69) is 0 Å². The molecule has 1 rings (SSSR count). The highest BCUT2D eigenvalue weighted by Gasteiger charge is 2.44. The molecule has 5 atom stereocenters. The van der Waals surface area contributed by atoms with E-state index in [1.54, 1.807) is 0 Å². The molecule has 0 saturated carbocycles. The average molecular weight is 222 g/mol. The first-order valence-corrected chi connectivity index (χ1v) is 4.34. The largest absolute Gasteiger partial charge is 0.394 e. The fraction of sp³-hybridized carbons (Fsp3) is 0.857. The first-order valence-electron chi connectivity index (χ1n) is 4.34. The van der Waals surface area contributed by atoms with Crippen LogP contribution < -0.4 is 11.1 Å². The fourth-order valence-corrected chi connectivity index (χ4v) is 1.42. The van der Waals surface area contributed by atoms with Crippen molar-refractivity contribution in [3.05, 3.63) is 0 Å². The van der Waals surface area contributed by atoms with Crippen molar-refractivity contribution < 1.29 is 30.0 Å². The van der Waals surface area contributed by atoms with Gasteiger partial charge >= 0.3 is 6.03 Å². The van der Waals surface area contributed by atoms with Crippen molar-refractivity contribution in [3.63, 3.8) is 0 Å². The highest BCUT2D eigenvalue weighted by molar-refractivity contribution is 5.72. The Labute approximate surface area is 85.3 Å². The van der Waals surface area contributed by atoms with Gasteiger partial charge in [-0.2, -0.15) is 0 Å². The van der Waals surface area contributed by atoms with Crippen molar-refractivity contribution in [2.24, 2.45) is 5.73 Å². The van der Waals surface area contributed by atoms with Gasteiger partial charge in [-0.1, -0.05) is 0 Å². The molecule has 1 unspecified atom stereocenters. The SMILES string of the molecule is NC(=O)N[C@H]1C(O)O[C@H](CO)[C@@H](O)[C@@H]1O. The monoisotopic (exact) mass is 222 g/mol. The molecule has 1 aliphatic rings. The fourth-order valence-electron chi connectivity index (χ4n) is 1.42. The lowest BCUT2D eigenvalue weighted by Crippen LogP contribution is -2.64. The number of amides is 2. The van der Waals surface area contributed by atoms with Crippen LogP contribution in [0.5, 0.6) is 0 Å². The summed E-state index contributed by atoms with van der Waals surface area (Å²) in [5.41, 5.74) is 4.80. The van der Waals surface area contributed by atoms with Crippen LogP contribution in [0.15, 0.2) is 0 Å². The summed E-state index contributed by atoms with van der Waals surface area (Å²) < 4.78 is 4.76. The smallest absolute Gasteiger partial charge is 0.312 e. The van der Waals surface area contributed by atoms with Gasteiger partial charge in [-0.05, 0) is 0 Å². The molecule has 0 spiro atoms. The number of hydrogen-bond donors (Lipinski definition) is 6. The van der Waals surface area contributed by atoms with E-state index < -0.39 is 43.3 Å². The van der Waals surface area contributed by atoms with Crippen LogP contribution in [0, 0.1) is 0 Å². The second-order valence-corrected chi connectivity index (χ2v) is 3.26. The van der Waals surface area contributed by atoms with Crippen LogP contribution in [0.2, 0.25) is 0 Å². The van der Waals surface area contributed by atoms with Crippen LogP contribution >= 0.6 is 0 Å². The van der Waals surface area contributed by atoms with Crippen molar-refractivity contribution in [3.8, 4) is 0 Å². The Morgan fingerprint density at radius 1 is 1.33 bits per heavy atom. The van der Waals surface area contributed by atoms with E-state index in [9.17, 15) is 20.1 Å². The molecule has 8 nitrogen and oxygen atoms in total. The number of urea groups is 1. The topological polar surface area (TPSA) is 145 Å². The molecular weight excluding hydrogens is 208 g/mol. The zero-order valence-electron chi connectivity index (χ0n) is 7.78. The number of carbonyl (C=O) groups excluding carboxylic acids is 1. The van der Waals surface area contributed by atoms with Crippen molar-refractivity contribution in [1.29, 1.82) is 0 Å². The second kappa shape index (κ2) is 4.73. The minimum atomic E-state index is -1.53. The predicted molar refractivity (Wildman–Crippen MR) is 46.5 cm³/mol. The molecule has 0 radical (unpaired) electrons. The summed E-state index contributed by atoms with van der Waals surface area (Å²) in [5.74, 6) is 0. The van der Waals surface area contributed by atoms with E-state index in [1.165, 1.54) is 0 Å². The molecule has 1 fully saturated rings. The highest BCUT2D eigenvalue weighted by Crippen LogP contribution is 2.19. The molecule has 2 amide bonds. The van der Waals surface area contributed by atoms with Crippen molar-refractivity contribution in [2.45, 2.75) is 30.6 Å². The zero-order chi connectivity index (χ0) is 11.6. The summed E-state index contributed by atoms with van der Waals surface area (Å²) in [6, 6.07) is -2.18. The molecule has 0 bridgehead atoms. The summed E-state index contributed by atoms with van der Waals surface area (Å²) in [7, 11) is 0. The predicted octanol–water partition coefficient (Wildman–Crippen LogP) is -3.55. The molecule has 1 heterocycles. The van der Waals surface area contributed by atoms with E-state index in [0.717, 1.165) is 0 Å². The highest BCUT2D eigenvalue weighted by atomic mass is 16.6. The van der Waals surface area contributed by atoms with Gasteiger partial charge in [-0.3, -0.25) is 0 Å². The van der Waals surface area contributed by atoms with Crippen LogP contribution in [0.4, 0.5) is 4.79 Å². The van der Waals surface area contributed by atoms with Gasteiger partial charge in [0.15, 0.2) is 6.29 Å². The Morgan fingerprint density at radius 2 is 1.93 bits per heavy atom. The van der Waals surface area contributed by atoms with Crippen molar-refractivity contribution in [2.75, 3.05) is 6.61 Å². The molecule has 0 aromatic rings. The standard InChI is InChI=1S/C7H14N2O6/c8-7(14)9-3-5(12)4(11)2(1-10)15-6(3)13/h2-6,10-13H,1H2,(H3,8,9,14)/t2-,3-,4-,5-,6?/m1/s1. The van der Waals surface area contributed by atoms with Gasteiger partial charge in [0.1, 0.15) is 24.4 Å². The van der Waals surface area contributed by atoms with Gasteiger partial charge in [0.2, 0.25) is 0 Å². The maximum atomic E-state index is 10.5. The number of rotatable bonds is 2. The molecule has 0 aromatic carbocycles. The number of ether oxygens (including phenoxy) is 1. The Morgan fingerprint density at radius 3 is 2.40 bits per heavy atom. The molecule has 1 aliphatic heterocycles. The van der Waals surface area contributed by atoms with Gasteiger partial charge in [-0.15, -0.1) is 0 Å². The number of aliphatic hydroxyl groups is 4. The summed E-state index contributed by atoms with van der Waals surface area (Å²) in [6.45, 7) is -0.557. The normalized spacial score (nSPS) is 41.2. The van der Waals surface area contributed by atoms with E-state index in [1.807, 2.05) is 5.32 Å². The summed E-state index contributed by atoms with van der Waals surface area (Å²) in [6.07, 6.45) is -5.50. The van der Waals surface area contributed by atoms with E-state index in [-0.39, 0.29) is 0 Å². The molecule has 8 heteroatoms. The lowest BCUT2D eigenvalue weighted by Gasteiger charge is -2.39. The summed E-state index contributed by atoms with van der Waals surface area (Å²) in [4.78, 5) is 10.5. The molecule has 88 valence electrons. The molecule has 15 heavy (non-hydrogen) atoms. The molecule has 0 aromatic heterocycles. The summed E-state index contributed by atoms with van der Waals surface area (Å²) >= 11 is 0. The van der Waals surface area contributed by atoms with E-state index in [4.69, 9.17) is 15.6 Å². The average Bonchev–Trinajstić information content (AvgIpc) is 2.18. The van der Waals surface area contributed by atoms with Crippen LogP contribution in [0.1, 0.15) is 0 Å². The van der Waals surface area contributed by atoms with Crippen molar-refractivity contribution in [1.82, 2.24) is 5.32 Å². The van der Waals surface area contributed by atoms with E-state index in [0.29, 0.717) is 0 Å². The lowest BCUT2D eigenvalue weighted by molar-refractivity contribution is -0.252. The van der Waals surface area contributed by atoms with Gasteiger partial charge < -0.3 is 36.2 Å². The third kappa shape index (κ3) is 2.55. The zero-order valence-corrected chi connectivity index (χ0v) is 7.78. The number of nitrogens with one attached hydrogen (secondary N) is 1. The minimum absolute atomic E-state index is 0.557. The molecule has 0 aliphatic carbocycles. The number of aliphatic hydroxyl groups excluding tert-OH is 4. The maximum Gasteiger partial charge on any atom is 0.312 e. The molecular formula is C7H14N2O6. The Balaban J connectivity index is 2.70. The van der Waals surface area contributed by atoms with Crippen molar-refractivity contribution >= 4 is 6.03 Å². The van der Waals surface area contributed by atoms with Gasteiger partial charge in [0.05, 0.1) is 6.61 Å². The van der Waals surface area contributed by atoms with Gasteiger partial charge in [0, 0.05) is 0 Å². The third-order valence-corrected chi connectivity index (χ3v) is 2.21. The molecule has 1 saturated heterocycles. The van der Waals surface area contributed by atoms with Crippen LogP contribution in [0.25, 0.3) is 0 Å². The first kappa shape index (κ1) is 12.1. The van der Waals surface area contributed by atoms with Gasteiger partial charge in [-0.25, -0.2) is 4.79 Å². The number of carbonyl (C=O) groups is 1. The number of hydrogen-bond acceptors (Lipinski definition) is 6. The Hall–Kier alpha value is -0.930. The quantitative estimate of drug-likeness (QED) is 0.285. The lowest BCUT2D eigenvalue weighted by atomic mass is 9.97. The summed E-state index contributed by atoms with van der Waals surface area (Å²) in [5, 5.41) is 39.0. The Bertz CT molecular complexity index is 238. The van der Waals surface area contributed by atoms with Gasteiger partial charge in [0.25, 0.3) is 0 Å². The first-order chi connectivity index (χ1) is 6.97. The number of primary amides is 1. The maximum absolute atomic E-state index is 10.5. The number of nitrogens with two attached hydrogens (primary N) is 1. The van der Waals surface area contributed by atoms with Crippen LogP contribution in [-0.2, 0) is 4.74 Å². The minimum Gasteiger partial charge on any atom is -0.394 e. The van der Waals surface area contributed by atoms with Crippen LogP contribution in [0.3, 0.4) is 0 Å². The van der Waals surface area contributed by atoms with E-state index >= 15 is 0 Å². The Kier molecular flexibility index (Phi) is 3.83.